The van der Waals surface area contributed by atoms with Gasteiger partial charge in [0.15, 0.2) is 0 Å². The van der Waals surface area contributed by atoms with Crippen LogP contribution in [0.4, 0.5) is 17.1 Å². The quantitative estimate of drug-likeness (QED) is 0.161. The minimum absolute atomic E-state index is 0.203. The Morgan fingerprint density at radius 1 is 0.375 bits per heavy atom. The summed E-state index contributed by atoms with van der Waals surface area (Å²) >= 11 is 0. The van der Waals surface area contributed by atoms with Crippen molar-refractivity contribution in [2.75, 3.05) is 4.90 Å². The van der Waals surface area contributed by atoms with Gasteiger partial charge in [-0.3, -0.25) is 0 Å². The van der Waals surface area contributed by atoms with Crippen molar-refractivity contribution in [2.45, 2.75) is 19.3 Å². The number of hydrogen-bond acceptors (Lipinski definition) is 1. The molecule has 0 aromatic heterocycles. The van der Waals surface area contributed by atoms with Crippen molar-refractivity contribution >= 4 is 60.2 Å². The summed E-state index contributed by atoms with van der Waals surface area (Å²) in [7, 11) is 0. The summed E-state index contributed by atoms with van der Waals surface area (Å²) in [6.07, 6.45) is 0. The van der Waals surface area contributed by atoms with Crippen molar-refractivity contribution in [3.05, 3.63) is 211 Å². The highest BCUT2D eigenvalue weighted by molar-refractivity contribution is 6.15. The topological polar surface area (TPSA) is 3.24 Å². The zero-order chi connectivity index (χ0) is 37.4. The van der Waals surface area contributed by atoms with Crippen LogP contribution in [0.3, 0.4) is 0 Å². The van der Waals surface area contributed by atoms with E-state index in [9.17, 15) is 0 Å². The molecule has 10 aromatic rings. The number of nitrogens with zero attached hydrogens (tertiary/aromatic N) is 1. The molecule has 0 amide bonds. The summed E-state index contributed by atoms with van der Waals surface area (Å²) < 4.78 is 0. The molecule has 0 atom stereocenters. The van der Waals surface area contributed by atoms with E-state index >= 15 is 0 Å². The fraction of sp³-hybridized carbons (Fsp3) is 0.0545. The van der Waals surface area contributed by atoms with Gasteiger partial charge in [-0.05, 0) is 119 Å². The van der Waals surface area contributed by atoms with E-state index in [-0.39, 0.29) is 5.41 Å². The number of para-hydroxylation sites is 1. The van der Waals surface area contributed by atoms with Crippen molar-refractivity contribution < 1.29 is 0 Å². The standard InChI is InChI=1S/C55H39N/c1-55(2)50-25-12-17-38-30-33-45(53(52(38)50)49-24-13-23-46(54(49)55)41-27-26-36-14-6-7-15-39(36)34-41)37-28-31-43(32-29-37)56(42-18-4-3-5-19-42)51-35-40-16-8-9-20-44(40)47-21-10-11-22-48(47)51/h3-35H,1-2H3. The van der Waals surface area contributed by atoms with Crippen molar-refractivity contribution in [3.8, 4) is 33.4 Å². The molecule has 1 heteroatoms. The third-order valence-electron chi connectivity index (χ3n) is 12.2. The van der Waals surface area contributed by atoms with Crippen LogP contribution in [0.5, 0.6) is 0 Å². The molecule has 0 heterocycles. The summed E-state index contributed by atoms with van der Waals surface area (Å²) in [5.41, 5.74) is 13.6. The number of fused-ring (bicyclic) bond motifs is 6. The van der Waals surface area contributed by atoms with E-state index in [2.05, 4.69) is 219 Å². The van der Waals surface area contributed by atoms with Gasteiger partial charge < -0.3 is 4.90 Å². The SMILES string of the molecule is CC1(C)c2c(-c3ccc4ccccc4c3)cccc2-c2c(-c3ccc(N(c4ccccc4)c4cc5ccccc5c5ccccc45)cc3)ccc3cccc1c23. The van der Waals surface area contributed by atoms with Gasteiger partial charge >= 0.3 is 0 Å². The molecule has 0 N–H and O–H groups in total. The van der Waals surface area contributed by atoms with Crippen molar-refractivity contribution in [2.24, 2.45) is 0 Å². The number of rotatable bonds is 5. The minimum Gasteiger partial charge on any atom is -0.310 e. The molecular formula is C55H39N. The largest absolute Gasteiger partial charge is 0.310 e. The van der Waals surface area contributed by atoms with Gasteiger partial charge in [0.2, 0.25) is 0 Å². The maximum Gasteiger partial charge on any atom is 0.0546 e. The van der Waals surface area contributed by atoms with E-state index in [4.69, 9.17) is 0 Å². The van der Waals surface area contributed by atoms with E-state index in [1.165, 1.54) is 93.3 Å². The van der Waals surface area contributed by atoms with Gasteiger partial charge in [-0.2, -0.15) is 0 Å². The monoisotopic (exact) mass is 713 g/mol. The Hall–Kier alpha value is -6.96. The predicted octanol–water partition coefficient (Wildman–Crippen LogP) is 15.4. The first-order valence-corrected chi connectivity index (χ1v) is 19.6. The molecule has 1 nitrogen and oxygen atoms in total. The van der Waals surface area contributed by atoms with Gasteiger partial charge in [0, 0.05) is 22.2 Å². The van der Waals surface area contributed by atoms with Crippen LogP contribution >= 0.6 is 0 Å². The zero-order valence-electron chi connectivity index (χ0n) is 31.5. The van der Waals surface area contributed by atoms with Crippen molar-refractivity contribution in [1.82, 2.24) is 0 Å². The highest BCUT2D eigenvalue weighted by Gasteiger charge is 2.36. The lowest BCUT2D eigenvalue weighted by molar-refractivity contribution is 0.647. The molecule has 264 valence electrons. The smallest absolute Gasteiger partial charge is 0.0546 e. The average Bonchev–Trinajstić information content (AvgIpc) is 3.26. The lowest BCUT2D eigenvalue weighted by Gasteiger charge is -2.38. The first-order valence-electron chi connectivity index (χ1n) is 19.6. The van der Waals surface area contributed by atoms with Crippen LogP contribution in [0.2, 0.25) is 0 Å². The fourth-order valence-corrected chi connectivity index (χ4v) is 9.60. The fourth-order valence-electron chi connectivity index (χ4n) is 9.60. The van der Waals surface area contributed by atoms with Gasteiger partial charge in [0.25, 0.3) is 0 Å². The van der Waals surface area contributed by atoms with Crippen molar-refractivity contribution in [1.29, 1.82) is 0 Å². The minimum atomic E-state index is -0.203. The number of anilines is 3. The zero-order valence-corrected chi connectivity index (χ0v) is 31.5. The Bertz CT molecular complexity index is 3150. The first-order chi connectivity index (χ1) is 27.5. The highest BCUT2D eigenvalue weighted by Crippen LogP contribution is 2.54. The predicted molar refractivity (Wildman–Crippen MR) is 240 cm³/mol. The second-order valence-electron chi connectivity index (χ2n) is 15.7. The number of hydrogen-bond donors (Lipinski definition) is 0. The Morgan fingerprint density at radius 2 is 0.982 bits per heavy atom. The van der Waals surface area contributed by atoms with E-state index in [0.717, 1.165) is 11.4 Å². The lowest BCUT2D eigenvalue weighted by atomic mass is 9.65. The van der Waals surface area contributed by atoms with Gasteiger partial charge in [-0.1, -0.05) is 178 Å². The average molecular weight is 714 g/mol. The van der Waals surface area contributed by atoms with Crippen LogP contribution in [-0.4, -0.2) is 0 Å². The summed E-state index contributed by atoms with van der Waals surface area (Å²) in [6, 6.07) is 73.9. The summed E-state index contributed by atoms with van der Waals surface area (Å²) in [6.45, 7) is 4.81. The van der Waals surface area contributed by atoms with Crippen LogP contribution in [0.25, 0.3) is 76.5 Å². The highest BCUT2D eigenvalue weighted by atomic mass is 15.1. The number of benzene rings is 10. The van der Waals surface area contributed by atoms with Crippen LogP contribution in [0, 0.1) is 0 Å². The normalized spacial score (nSPS) is 13.0. The van der Waals surface area contributed by atoms with Gasteiger partial charge in [-0.25, -0.2) is 0 Å². The maximum absolute atomic E-state index is 2.41. The molecule has 0 radical (unpaired) electrons. The third-order valence-corrected chi connectivity index (χ3v) is 12.2. The summed E-state index contributed by atoms with van der Waals surface area (Å²) in [4.78, 5) is 2.41. The Morgan fingerprint density at radius 3 is 1.80 bits per heavy atom. The van der Waals surface area contributed by atoms with E-state index < -0.39 is 0 Å². The van der Waals surface area contributed by atoms with E-state index in [0.29, 0.717) is 0 Å². The lowest BCUT2D eigenvalue weighted by Crippen LogP contribution is -2.25. The Balaban J connectivity index is 1.11. The molecule has 0 spiro atoms. The van der Waals surface area contributed by atoms with E-state index in [1.807, 2.05) is 0 Å². The molecule has 0 aliphatic heterocycles. The van der Waals surface area contributed by atoms with Gasteiger partial charge in [0.1, 0.15) is 0 Å². The van der Waals surface area contributed by atoms with Crippen LogP contribution in [0.1, 0.15) is 25.0 Å². The molecule has 1 aliphatic carbocycles. The van der Waals surface area contributed by atoms with Crippen LogP contribution in [0.15, 0.2) is 200 Å². The van der Waals surface area contributed by atoms with Crippen molar-refractivity contribution in [3.63, 3.8) is 0 Å². The Labute approximate surface area is 327 Å². The molecular weight excluding hydrogens is 675 g/mol. The molecule has 11 rings (SSSR count). The van der Waals surface area contributed by atoms with E-state index in [1.54, 1.807) is 0 Å². The molecule has 56 heavy (non-hydrogen) atoms. The molecule has 0 bridgehead atoms. The molecule has 1 aliphatic rings. The van der Waals surface area contributed by atoms with Gasteiger partial charge in [0.05, 0.1) is 5.69 Å². The first kappa shape index (κ1) is 32.5. The summed E-state index contributed by atoms with van der Waals surface area (Å²) in [5.74, 6) is 0. The molecule has 0 saturated heterocycles. The maximum atomic E-state index is 2.41. The molecule has 0 unspecified atom stereocenters. The molecule has 0 saturated carbocycles. The molecule has 0 fully saturated rings. The Kier molecular flexibility index (Phi) is 7.28. The van der Waals surface area contributed by atoms with Gasteiger partial charge in [-0.15, -0.1) is 0 Å². The van der Waals surface area contributed by atoms with Crippen LogP contribution in [-0.2, 0) is 5.41 Å². The second kappa shape index (κ2) is 12.5. The summed E-state index contributed by atoms with van der Waals surface area (Å²) in [5, 5.41) is 10.2. The molecule has 10 aromatic carbocycles. The second-order valence-corrected chi connectivity index (χ2v) is 15.7. The van der Waals surface area contributed by atoms with Crippen LogP contribution < -0.4 is 4.90 Å². The third kappa shape index (κ3) is 4.94.